The Hall–Kier alpha value is -0.810. The van der Waals surface area contributed by atoms with Gasteiger partial charge in [-0.15, -0.1) is 0 Å². The van der Waals surface area contributed by atoms with Gasteiger partial charge in [-0.2, -0.15) is 0 Å². The van der Waals surface area contributed by atoms with Crippen LogP contribution >= 0.6 is 0 Å². The van der Waals surface area contributed by atoms with E-state index in [1.807, 2.05) is 6.92 Å². The third-order valence-electron chi connectivity index (χ3n) is 1.82. The zero-order valence-electron chi connectivity index (χ0n) is 9.08. The number of rotatable bonds is 7. The third kappa shape index (κ3) is 6.68. The molecule has 0 unspecified atom stereocenters. The van der Waals surface area contributed by atoms with Crippen LogP contribution in [0.15, 0.2) is 0 Å². The molecule has 0 heterocycles. The number of urea groups is 1. The summed E-state index contributed by atoms with van der Waals surface area (Å²) in [5, 5.41) is 2.79. The van der Waals surface area contributed by atoms with Crippen molar-refractivity contribution in [2.24, 2.45) is 5.73 Å². The molecule has 0 rings (SSSR count). The lowest BCUT2D eigenvalue weighted by Crippen LogP contribution is -2.37. The average Bonchev–Trinajstić information content (AvgIpc) is 2.21. The van der Waals surface area contributed by atoms with Crippen LogP contribution in [-0.2, 0) is 4.74 Å². The Balaban J connectivity index is 3.23. The lowest BCUT2D eigenvalue weighted by atomic mass is 10.4. The highest BCUT2D eigenvalue weighted by Crippen LogP contribution is 1.84. The van der Waals surface area contributed by atoms with Crippen LogP contribution in [0, 0.1) is 0 Å². The van der Waals surface area contributed by atoms with Crippen molar-refractivity contribution in [2.45, 2.75) is 13.3 Å². The molecular weight excluding hydrogens is 182 g/mol. The SMILES string of the molecule is CCN(C)C(=O)NCCCOCCN. The molecule has 5 nitrogen and oxygen atoms in total. The molecule has 0 aromatic rings. The zero-order chi connectivity index (χ0) is 10.8. The lowest BCUT2D eigenvalue weighted by molar-refractivity contribution is 0.138. The fourth-order valence-corrected chi connectivity index (χ4v) is 0.834. The number of carbonyl (C=O) groups is 1. The van der Waals surface area contributed by atoms with Crippen LogP contribution < -0.4 is 11.1 Å². The fraction of sp³-hybridized carbons (Fsp3) is 0.889. The van der Waals surface area contributed by atoms with Crippen molar-refractivity contribution in [3.63, 3.8) is 0 Å². The summed E-state index contributed by atoms with van der Waals surface area (Å²) in [7, 11) is 1.76. The van der Waals surface area contributed by atoms with E-state index in [-0.39, 0.29) is 6.03 Å². The molecule has 0 aromatic heterocycles. The molecule has 3 N–H and O–H groups in total. The average molecular weight is 203 g/mol. The molecule has 0 spiro atoms. The van der Waals surface area contributed by atoms with Gasteiger partial charge in [-0.3, -0.25) is 0 Å². The smallest absolute Gasteiger partial charge is 0.317 e. The Kier molecular flexibility index (Phi) is 8.27. The normalized spacial score (nSPS) is 9.93. The van der Waals surface area contributed by atoms with Crippen LogP contribution in [0.5, 0.6) is 0 Å². The summed E-state index contributed by atoms with van der Waals surface area (Å²) in [6.07, 6.45) is 0.823. The molecule has 0 saturated heterocycles. The van der Waals surface area contributed by atoms with Gasteiger partial charge in [0.25, 0.3) is 0 Å². The van der Waals surface area contributed by atoms with Gasteiger partial charge in [-0.1, -0.05) is 0 Å². The van der Waals surface area contributed by atoms with Gasteiger partial charge in [0.2, 0.25) is 0 Å². The molecule has 0 aliphatic carbocycles. The van der Waals surface area contributed by atoms with Gasteiger partial charge < -0.3 is 20.7 Å². The predicted molar refractivity (Wildman–Crippen MR) is 56.2 cm³/mol. The van der Waals surface area contributed by atoms with Crippen LogP contribution in [-0.4, -0.2) is 50.8 Å². The summed E-state index contributed by atoms with van der Waals surface area (Å²) >= 11 is 0. The summed E-state index contributed by atoms with van der Waals surface area (Å²) in [5.41, 5.74) is 5.25. The first kappa shape index (κ1) is 13.2. The highest BCUT2D eigenvalue weighted by atomic mass is 16.5. The van der Waals surface area contributed by atoms with E-state index in [9.17, 15) is 4.79 Å². The van der Waals surface area contributed by atoms with Crippen LogP contribution in [0.2, 0.25) is 0 Å². The first-order valence-electron chi connectivity index (χ1n) is 4.99. The van der Waals surface area contributed by atoms with Crippen molar-refractivity contribution in [3.8, 4) is 0 Å². The Morgan fingerprint density at radius 2 is 2.21 bits per heavy atom. The quantitative estimate of drug-likeness (QED) is 0.573. The fourth-order valence-electron chi connectivity index (χ4n) is 0.834. The molecule has 0 aromatic carbocycles. The highest BCUT2D eigenvalue weighted by Gasteiger charge is 2.03. The van der Waals surface area contributed by atoms with E-state index >= 15 is 0 Å². The first-order valence-corrected chi connectivity index (χ1v) is 4.99. The van der Waals surface area contributed by atoms with Gasteiger partial charge in [0.1, 0.15) is 0 Å². The molecule has 2 amide bonds. The van der Waals surface area contributed by atoms with Gasteiger partial charge in [-0.05, 0) is 13.3 Å². The number of carbonyl (C=O) groups excluding carboxylic acids is 1. The van der Waals surface area contributed by atoms with E-state index in [2.05, 4.69) is 5.32 Å². The first-order chi connectivity index (χ1) is 6.72. The summed E-state index contributed by atoms with van der Waals surface area (Å²) in [4.78, 5) is 12.8. The maximum Gasteiger partial charge on any atom is 0.317 e. The van der Waals surface area contributed by atoms with E-state index in [0.29, 0.717) is 26.3 Å². The van der Waals surface area contributed by atoms with Crippen molar-refractivity contribution in [2.75, 3.05) is 39.9 Å². The maximum absolute atomic E-state index is 11.2. The largest absolute Gasteiger partial charge is 0.380 e. The minimum absolute atomic E-state index is 0.0358. The predicted octanol–water partition coefficient (Wildman–Crippen LogP) is 0.0131. The summed E-state index contributed by atoms with van der Waals surface area (Å²) in [6, 6.07) is -0.0358. The van der Waals surface area contributed by atoms with Gasteiger partial charge >= 0.3 is 6.03 Å². The Labute approximate surface area is 85.6 Å². The van der Waals surface area contributed by atoms with Gasteiger partial charge in [0.15, 0.2) is 0 Å². The number of ether oxygens (including phenoxy) is 1. The van der Waals surface area contributed by atoms with Crippen LogP contribution in [0.1, 0.15) is 13.3 Å². The Morgan fingerprint density at radius 3 is 2.79 bits per heavy atom. The van der Waals surface area contributed by atoms with E-state index in [1.165, 1.54) is 0 Å². The van der Waals surface area contributed by atoms with E-state index in [0.717, 1.165) is 13.0 Å². The minimum atomic E-state index is -0.0358. The number of nitrogens with one attached hydrogen (secondary N) is 1. The molecule has 0 fully saturated rings. The second kappa shape index (κ2) is 8.77. The van der Waals surface area contributed by atoms with Gasteiger partial charge in [-0.25, -0.2) is 4.79 Å². The molecule has 0 aliphatic heterocycles. The topological polar surface area (TPSA) is 67.6 Å². The van der Waals surface area contributed by atoms with Crippen molar-refractivity contribution in [3.05, 3.63) is 0 Å². The lowest BCUT2D eigenvalue weighted by Gasteiger charge is -2.15. The van der Waals surface area contributed by atoms with E-state index < -0.39 is 0 Å². The minimum Gasteiger partial charge on any atom is -0.380 e. The molecule has 0 saturated carbocycles. The second-order valence-corrected chi connectivity index (χ2v) is 3.00. The summed E-state index contributed by atoms with van der Waals surface area (Å²) in [5.74, 6) is 0. The molecule has 84 valence electrons. The highest BCUT2D eigenvalue weighted by molar-refractivity contribution is 5.73. The summed E-state index contributed by atoms with van der Waals surface area (Å²) in [6.45, 7) is 5.08. The molecule has 0 radical (unpaired) electrons. The third-order valence-corrected chi connectivity index (χ3v) is 1.82. The van der Waals surface area contributed by atoms with Gasteiger partial charge in [0, 0.05) is 33.3 Å². The number of nitrogens with two attached hydrogens (primary N) is 1. The summed E-state index contributed by atoms with van der Waals surface area (Å²) < 4.78 is 5.16. The van der Waals surface area contributed by atoms with Crippen molar-refractivity contribution >= 4 is 6.03 Å². The second-order valence-electron chi connectivity index (χ2n) is 3.00. The standard InChI is InChI=1S/C9H21N3O2/c1-3-12(2)9(13)11-6-4-7-14-8-5-10/h3-8,10H2,1-2H3,(H,11,13). The molecule has 0 bridgehead atoms. The molecule has 0 aliphatic rings. The molecule has 5 heteroatoms. The number of hydrogen-bond acceptors (Lipinski definition) is 3. The Morgan fingerprint density at radius 1 is 1.50 bits per heavy atom. The van der Waals surface area contributed by atoms with Crippen molar-refractivity contribution < 1.29 is 9.53 Å². The van der Waals surface area contributed by atoms with E-state index in [1.54, 1.807) is 11.9 Å². The number of nitrogens with zero attached hydrogens (tertiary/aromatic N) is 1. The maximum atomic E-state index is 11.2. The van der Waals surface area contributed by atoms with Crippen LogP contribution in [0.25, 0.3) is 0 Å². The monoisotopic (exact) mass is 203 g/mol. The van der Waals surface area contributed by atoms with Crippen LogP contribution in [0.3, 0.4) is 0 Å². The molecule has 0 atom stereocenters. The van der Waals surface area contributed by atoms with Crippen LogP contribution in [0.4, 0.5) is 4.79 Å². The molecular formula is C9H21N3O2. The number of hydrogen-bond donors (Lipinski definition) is 2. The van der Waals surface area contributed by atoms with Crippen molar-refractivity contribution in [1.29, 1.82) is 0 Å². The zero-order valence-corrected chi connectivity index (χ0v) is 9.08. The van der Waals surface area contributed by atoms with Gasteiger partial charge in [0.05, 0.1) is 6.61 Å². The van der Waals surface area contributed by atoms with E-state index in [4.69, 9.17) is 10.5 Å². The van der Waals surface area contributed by atoms with Crippen molar-refractivity contribution in [1.82, 2.24) is 10.2 Å². The molecule has 14 heavy (non-hydrogen) atoms. The number of amides is 2. The Bertz CT molecular complexity index is 153.